The van der Waals surface area contributed by atoms with Crippen LogP contribution in [-0.4, -0.2) is 21.0 Å². The number of rotatable bonds is 3. The van der Waals surface area contributed by atoms with E-state index in [2.05, 4.69) is 15.5 Å². The molecule has 0 bridgehead atoms. The SMILES string of the molecule is CC(=O)Nc1ccc([N+](=O)[O-])cc1-c1noc(C)n1. The van der Waals surface area contributed by atoms with Gasteiger partial charge in [-0.05, 0) is 6.07 Å². The van der Waals surface area contributed by atoms with Crippen LogP contribution in [0.2, 0.25) is 0 Å². The second kappa shape index (κ2) is 4.84. The summed E-state index contributed by atoms with van der Waals surface area (Å²) in [5, 5.41) is 17.0. The molecule has 19 heavy (non-hydrogen) atoms. The van der Waals surface area contributed by atoms with Crippen molar-refractivity contribution in [2.24, 2.45) is 0 Å². The van der Waals surface area contributed by atoms with Gasteiger partial charge in [-0.1, -0.05) is 5.16 Å². The smallest absolute Gasteiger partial charge is 0.270 e. The van der Waals surface area contributed by atoms with E-state index in [-0.39, 0.29) is 17.4 Å². The molecule has 98 valence electrons. The van der Waals surface area contributed by atoms with E-state index >= 15 is 0 Å². The lowest BCUT2D eigenvalue weighted by molar-refractivity contribution is -0.384. The number of nitrogens with zero attached hydrogens (tertiary/aromatic N) is 3. The first kappa shape index (κ1) is 12.7. The molecule has 1 amide bonds. The van der Waals surface area contributed by atoms with Gasteiger partial charge in [0, 0.05) is 26.0 Å². The van der Waals surface area contributed by atoms with Crippen molar-refractivity contribution in [2.75, 3.05) is 5.32 Å². The minimum absolute atomic E-state index is 0.119. The minimum Gasteiger partial charge on any atom is -0.339 e. The Labute approximate surface area is 107 Å². The second-order valence-electron chi connectivity index (χ2n) is 3.81. The predicted octanol–water partition coefficient (Wildman–Crippen LogP) is 1.91. The van der Waals surface area contributed by atoms with Crippen molar-refractivity contribution in [1.29, 1.82) is 0 Å². The quantitative estimate of drug-likeness (QED) is 0.668. The Morgan fingerprint density at radius 1 is 1.47 bits per heavy atom. The molecular formula is C11H10N4O4. The van der Waals surface area contributed by atoms with E-state index in [1.54, 1.807) is 6.92 Å². The summed E-state index contributed by atoms with van der Waals surface area (Å²) in [6.45, 7) is 2.94. The van der Waals surface area contributed by atoms with Crippen LogP contribution in [0.4, 0.5) is 11.4 Å². The molecule has 0 aliphatic heterocycles. The molecule has 0 aliphatic carbocycles. The summed E-state index contributed by atoms with van der Waals surface area (Å²) in [6, 6.07) is 4.01. The number of hydrogen-bond donors (Lipinski definition) is 1. The molecule has 0 atom stereocenters. The number of nitrogens with one attached hydrogen (secondary N) is 1. The number of aryl methyl sites for hydroxylation is 1. The van der Waals surface area contributed by atoms with Gasteiger partial charge in [0.1, 0.15) is 0 Å². The molecule has 0 spiro atoms. The molecule has 2 rings (SSSR count). The minimum atomic E-state index is -0.534. The highest BCUT2D eigenvalue weighted by Crippen LogP contribution is 2.29. The molecule has 0 fully saturated rings. The summed E-state index contributed by atoms with van der Waals surface area (Å²) in [6.07, 6.45) is 0. The zero-order valence-corrected chi connectivity index (χ0v) is 10.2. The number of hydrogen-bond acceptors (Lipinski definition) is 6. The lowest BCUT2D eigenvalue weighted by Gasteiger charge is -2.06. The van der Waals surface area contributed by atoms with Crippen LogP contribution in [0.3, 0.4) is 0 Å². The Hall–Kier alpha value is -2.77. The molecule has 0 radical (unpaired) electrons. The van der Waals surface area contributed by atoms with Crippen LogP contribution in [-0.2, 0) is 4.79 Å². The van der Waals surface area contributed by atoms with Gasteiger partial charge in [0.15, 0.2) is 0 Å². The van der Waals surface area contributed by atoms with Crippen LogP contribution in [0.25, 0.3) is 11.4 Å². The molecule has 8 nitrogen and oxygen atoms in total. The molecule has 1 N–H and O–H groups in total. The first-order valence-electron chi connectivity index (χ1n) is 5.34. The molecular weight excluding hydrogens is 252 g/mol. The maximum atomic E-state index is 11.1. The highest BCUT2D eigenvalue weighted by Gasteiger charge is 2.16. The average Bonchev–Trinajstić information content (AvgIpc) is 2.75. The number of aromatic nitrogens is 2. The first-order valence-corrected chi connectivity index (χ1v) is 5.34. The average molecular weight is 262 g/mol. The number of carbonyl (C=O) groups is 1. The molecule has 2 aromatic rings. The molecule has 0 aliphatic rings. The molecule has 1 aromatic heterocycles. The predicted molar refractivity (Wildman–Crippen MR) is 65.4 cm³/mol. The van der Waals surface area contributed by atoms with Crippen molar-refractivity contribution in [3.8, 4) is 11.4 Å². The van der Waals surface area contributed by atoms with Crippen LogP contribution in [0.5, 0.6) is 0 Å². The summed E-state index contributed by atoms with van der Waals surface area (Å²) in [5.74, 6) is 0.218. The Kier molecular flexibility index (Phi) is 3.23. The topological polar surface area (TPSA) is 111 Å². The van der Waals surface area contributed by atoms with E-state index in [4.69, 9.17) is 4.52 Å². The van der Waals surface area contributed by atoms with Gasteiger partial charge < -0.3 is 9.84 Å². The summed E-state index contributed by atoms with van der Waals surface area (Å²) < 4.78 is 4.84. The molecule has 1 aromatic carbocycles. The van der Waals surface area contributed by atoms with Crippen LogP contribution >= 0.6 is 0 Å². The monoisotopic (exact) mass is 262 g/mol. The number of anilines is 1. The van der Waals surface area contributed by atoms with Crippen LogP contribution in [0.15, 0.2) is 22.7 Å². The number of non-ortho nitro benzene ring substituents is 1. The summed E-state index contributed by atoms with van der Waals surface area (Å²) in [5.41, 5.74) is 0.603. The normalized spacial score (nSPS) is 10.2. The second-order valence-corrected chi connectivity index (χ2v) is 3.81. The van der Waals surface area contributed by atoms with Gasteiger partial charge in [-0.3, -0.25) is 14.9 Å². The van der Waals surface area contributed by atoms with E-state index in [9.17, 15) is 14.9 Å². The molecule has 8 heteroatoms. The van der Waals surface area contributed by atoms with Gasteiger partial charge in [0.25, 0.3) is 5.69 Å². The highest BCUT2D eigenvalue weighted by atomic mass is 16.6. The van der Waals surface area contributed by atoms with Crippen molar-refractivity contribution in [3.05, 3.63) is 34.2 Å². The first-order chi connectivity index (χ1) is 8.97. The van der Waals surface area contributed by atoms with Gasteiger partial charge in [-0.25, -0.2) is 0 Å². The van der Waals surface area contributed by atoms with Crippen LogP contribution in [0.1, 0.15) is 12.8 Å². The number of amides is 1. The van der Waals surface area contributed by atoms with E-state index in [0.717, 1.165) is 0 Å². The number of nitro groups is 1. The van der Waals surface area contributed by atoms with E-state index in [0.29, 0.717) is 17.1 Å². The van der Waals surface area contributed by atoms with Crippen molar-refractivity contribution >= 4 is 17.3 Å². The fourth-order valence-corrected chi connectivity index (χ4v) is 1.54. The third-order valence-electron chi connectivity index (χ3n) is 2.29. The molecule has 0 saturated carbocycles. The van der Waals surface area contributed by atoms with Gasteiger partial charge in [-0.2, -0.15) is 4.98 Å². The maximum Gasteiger partial charge on any atom is 0.270 e. The summed E-state index contributed by atoms with van der Waals surface area (Å²) in [7, 11) is 0. The van der Waals surface area contributed by atoms with Crippen molar-refractivity contribution in [2.45, 2.75) is 13.8 Å². The standard InChI is InChI=1S/C11H10N4O4/c1-6(16)12-10-4-3-8(15(17)18)5-9(10)11-13-7(2)19-14-11/h3-5H,1-2H3,(H,12,16). The van der Waals surface area contributed by atoms with Crippen LogP contribution < -0.4 is 5.32 Å². The Bertz CT molecular complexity index is 650. The number of carbonyl (C=O) groups excluding carboxylic acids is 1. The van der Waals surface area contributed by atoms with E-state index in [1.165, 1.54) is 25.1 Å². The zero-order valence-electron chi connectivity index (χ0n) is 10.2. The van der Waals surface area contributed by atoms with Crippen molar-refractivity contribution < 1.29 is 14.2 Å². The fourth-order valence-electron chi connectivity index (χ4n) is 1.54. The van der Waals surface area contributed by atoms with Gasteiger partial charge in [0.05, 0.1) is 16.2 Å². The Balaban J connectivity index is 2.55. The van der Waals surface area contributed by atoms with Crippen molar-refractivity contribution in [1.82, 2.24) is 10.1 Å². The lowest BCUT2D eigenvalue weighted by atomic mass is 10.1. The van der Waals surface area contributed by atoms with E-state index < -0.39 is 4.92 Å². The van der Waals surface area contributed by atoms with Gasteiger partial charge >= 0.3 is 0 Å². The summed E-state index contributed by atoms with van der Waals surface area (Å²) >= 11 is 0. The zero-order chi connectivity index (χ0) is 14.0. The van der Waals surface area contributed by atoms with Crippen LogP contribution in [0, 0.1) is 17.0 Å². The maximum absolute atomic E-state index is 11.1. The third-order valence-corrected chi connectivity index (χ3v) is 2.29. The molecule has 0 unspecified atom stereocenters. The van der Waals surface area contributed by atoms with Gasteiger partial charge in [-0.15, -0.1) is 0 Å². The molecule has 1 heterocycles. The Morgan fingerprint density at radius 3 is 2.74 bits per heavy atom. The molecule has 0 saturated heterocycles. The Morgan fingerprint density at radius 2 is 2.21 bits per heavy atom. The fraction of sp³-hybridized carbons (Fsp3) is 0.182. The third kappa shape index (κ3) is 2.73. The van der Waals surface area contributed by atoms with E-state index in [1.807, 2.05) is 0 Å². The highest BCUT2D eigenvalue weighted by molar-refractivity contribution is 5.93. The largest absolute Gasteiger partial charge is 0.339 e. The number of benzene rings is 1. The summed E-state index contributed by atoms with van der Waals surface area (Å²) in [4.78, 5) is 25.4. The lowest BCUT2D eigenvalue weighted by Crippen LogP contribution is -2.07. The van der Waals surface area contributed by atoms with Crippen molar-refractivity contribution in [3.63, 3.8) is 0 Å². The van der Waals surface area contributed by atoms with Gasteiger partial charge in [0.2, 0.25) is 17.6 Å². The number of nitro benzene ring substituents is 1.